The van der Waals surface area contributed by atoms with Crippen molar-refractivity contribution in [3.05, 3.63) is 52.0 Å². The van der Waals surface area contributed by atoms with Gasteiger partial charge >= 0.3 is 0 Å². The second kappa shape index (κ2) is 6.14. The van der Waals surface area contributed by atoms with Gasteiger partial charge in [0, 0.05) is 0 Å². The summed E-state index contributed by atoms with van der Waals surface area (Å²) >= 11 is 1.31. The number of nitrogens with one attached hydrogen (secondary N) is 1. The fourth-order valence-electron chi connectivity index (χ4n) is 1.46. The van der Waals surface area contributed by atoms with Crippen molar-refractivity contribution >= 4 is 22.9 Å². The number of halogens is 1. The van der Waals surface area contributed by atoms with E-state index in [2.05, 4.69) is 17.2 Å². The van der Waals surface area contributed by atoms with Crippen molar-refractivity contribution in [2.45, 2.75) is 0 Å². The van der Waals surface area contributed by atoms with Crippen LogP contribution in [0.1, 0.15) is 15.2 Å². The number of carbonyl (C=O) groups excluding carboxylic acids is 1. The summed E-state index contributed by atoms with van der Waals surface area (Å²) < 4.78 is 13.1. The summed E-state index contributed by atoms with van der Waals surface area (Å²) in [6.07, 6.45) is 0. The molecule has 1 aromatic heterocycles. The molecule has 5 heteroatoms. The zero-order chi connectivity index (χ0) is 13.7. The highest BCUT2D eigenvalue weighted by Crippen LogP contribution is 2.18. The molecule has 1 amide bonds. The Morgan fingerprint density at radius 3 is 2.95 bits per heavy atom. The van der Waals surface area contributed by atoms with Gasteiger partial charge in [0.25, 0.3) is 5.91 Å². The van der Waals surface area contributed by atoms with Gasteiger partial charge in [-0.25, -0.2) is 4.39 Å². The highest BCUT2D eigenvalue weighted by Gasteiger charge is 2.09. The third-order valence-corrected chi connectivity index (χ3v) is 3.15. The number of anilines is 1. The molecule has 1 heterocycles. The fourth-order valence-corrected chi connectivity index (χ4v) is 2.07. The lowest BCUT2D eigenvalue weighted by molar-refractivity contribution is 0.103. The molecule has 96 valence electrons. The van der Waals surface area contributed by atoms with Gasteiger partial charge in [-0.2, -0.15) is 0 Å². The van der Waals surface area contributed by atoms with Gasteiger partial charge in [0.2, 0.25) is 0 Å². The molecule has 3 nitrogen and oxygen atoms in total. The van der Waals surface area contributed by atoms with Crippen LogP contribution in [-0.2, 0) is 0 Å². The number of aliphatic hydroxyl groups excluding tert-OH is 1. The first-order valence-electron chi connectivity index (χ1n) is 5.45. The molecule has 0 fully saturated rings. The van der Waals surface area contributed by atoms with E-state index in [1.54, 1.807) is 17.5 Å². The highest BCUT2D eigenvalue weighted by atomic mass is 32.1. The number of rotatable bonds is 2. The van der Waals surface area contributed by atoms with Gasteiger partial charge in [-0.05, 0) is 29.6 Å². The molecule has 0 aliphatic heterocycles. The van der Waals surface area contributed by atoms with Crippen LogP contribution in [0.5, 0.6) is 0 Å². The third-order valence-electron chi connectivity index (χ3n) is 2.28. The van der Waals surface area contributed by atoms with Crippen molar-refractivity contribution in [3.63, 3.8) is 0 Å². The summed E-state index contributed by atoms with van der Waals surface area (Å²) in [6.45, 7) is -0.325. The van der Waals surface area contributed by atoms with Crippen molar-refractivity contribution in [3.8, 4) is 11.8 Å². The van der Waals surface area contributed by atoms with Crippen molar-refractivity contribution < 1.29 is 14.3 Å². The monoisotopic (exact) mass is 275 g/mol. The Hall–Kier alpha value is -2.16. The number of carbonyl (C=O) groups is 1. The minimum Gasteiger partial charge on any atom is -0.384 e. The van der Waals surface area contributed by atoms with E-state index >= 15 is 0 Å². The topological polar surface area (TPSA) is 49.3 Å². The molecule has 0 atom stereocenters. The molecule has 2 aromatic rings. The third kappa shape index (κ3) is 3.41. The Labute approximate surface area is 113 Å². The van der Waals surface area contributed by atoms with E-state index < -0.39 is 5.82 Å². The van der Waals surface area contributed by atoms with Gasteiger partial charge in [-0.3, -0.25) is 4.79 Å². The first-order valence-corrected chi connectivity index (χ1v) is 6.33. The average molecular weight is 275 g/mol. The first kappa shape index (κ1) is 13.3. The van der Waals surface area contributed by atoms with Gasteiger partial charge in [0.1, 0.15) is 12.4 Å². The standard InChI is InChI=1S/C14H10FNO2S/c15-11-5-6-12(10(9-11)3-1-7-17)16-14(18)13-4-2-8-19-13/h2,4-6,8-9,17H,7H2,(H,16,18). The van der Waals surface area contributed by atoms with E-state index in [1.165, 1.54) is 29.5 Å². The number of thiophene rings is 1. The molecule has 0 unspecified atom stereocenters. The van der Waals surface area contributed by atoms with E-state index in [9.17, 15) is 9.18 Å². The zero-order valence-corrected chi connectivity index (χ0v) is 10.6. The van der Waals surface area contributed by atoms with Crippen molar-refractivity contribution in [2.75, 3.05) is 11.9 Å². The van der Waals surface area contributed by atoms with Crippen LogP contribution in [0.15, 0.2) is 35.7 Å². The molecule has 0 aliphatic carbocycles. The minimum atomic E-state index is -0.448. The quantitative estimate of drug-likeness (QED) is 0.827. The fraction of sp³-hybridized carbons (Fsp3) is 0.0714. The molecule has 0 saturated carbocycles. The summed E-state index contributed by atoms with van der Waals surface area (Å²) in [4.78, 5) is 12.5. The predicted molar refractivity (Wildman–Crippen MR) is 72.6 cm³/mol. The van der Waals surface area contributed by atoms with Gasteiger partial charge in [0.05, 0.1) is 16.1 Å². The molecule has 2 N–H and O–H groups in total. The summed E-state index contributed by atoms with van der Waals surface area (Å²) in [5.41, 5.74) is 0.750. The van der Waals surface area contributed by atoms with Crippen LogP contribution in [0.3, 0.4) is 0 Å². The van der Waals surface area contributed by atoms with Crippen LogP contribution in [0.2, 0.25) is 0 Å². The molecule has 0 aliphatic rings. The molecular formula is C14H10FNO2S. The number of amides is 1. The van der Waals surface area contributed by atoms with E-state index in [0.29, 0.717) is 16.1 Å². The Morgan fingerprint density at radius 2 is 2.26 bits per heavy atom. The van der Waals surface area contributed by atoms with Crippen molar-refractivity contribution in [1.29, 1.82) is 0 Å². The van der Waals surface area contributed by atoms with Gasteiger partial charge in [-0.1, -0.05) is 17.9 Å². The van der Waals surface area contributed by atoms with Crippen LogP contribution in [-0.4, -0.2) is 17.6 Å². The summed E-state index contributed by atoms with van der Waals surface area (Å²) in [6, 6.07) is 7.38. The van der Waals surface area contributed by atoms with Crippen LogP contribution in [0.4, 0.5) is 10.1 Å². The van der Waals surface area contributed by atoms with Crippen LogP contribution in [0.25, 0.3) is 0 Å². The lowest BCUT2D eigenvalue weighted by Gasteiger charge is -2.06. The molecule has 19 heavy (non-hydrogen) atoms. The summed E-state index contributed by atoms with van der Waals surface area (Å²) in [5, 5.41) is 13.1. The lowest BCUT2D eigenvalue weighted by Crippen LogP contribution is -2.11. The van der Waals surface area contributed by atoms with E-state index in [1.807, 2.05) is 0 Å². The van der Waals surface area contributed by atoms with Crippen molar-refractivity contribution in [2.24, 2.45) is 0 Å². The molecule has 0 radical (unpaired) electrons. The first-order chi connectivity index (χ1) is 9.20. The molecule has 0 bridgehead atoms. The Bertz CT molecular complexity index is 641. The Balaban J connectivity index is 2.27. The molecule has 0 spiro atoms. The average Bonchev–Trinajstić information content (AvgIpc) is 2.93. The maximum Gasteiger partial charge on any atom is 0.265 e. The molecule has 2 rings (SSSR count). The number of benzene rings is 1. The second-order valence-corrected chi connectivity index (χ2v) is 4.53. The highest BCUT2D eigenvalue weighted by molar-refractivity contribution is 7.12. The normalized spacial score (nSPS) is 9.58. The predicted octanol–water partition coefficient (Wildman–Crippen LogP) is 2.48. The molecular weight excluding hydrogens is 265 g/mol. The maximum atomic E-state index is 13.1. The smallest absolute Gasteiger partial charge is 0.265 e. The minimum absolute atomic E-state index is 0.270. The molecule has 1 aromatic carbocycles. The summed E-state index contributed by atoms with van der Waals surface area (Å²) in [7, 11) is 0. The van der Waals surface area contributed by atoms with E-state index in [-0.39, 0.29) is 12.5 Å². The second-order valence-electron chi connectivity index (χ2n) is 3.58. The number of aliphatic hydroxyl groups is 1. The van der Waals surface area contributed by atoms with Crippen LogP contribution >= 0.6 is 11.3 Å². The van der Waals surface area contributed by atoms with E-state index in [4.69, 9.17) is 5.11 Å². The zero-order valence-electron chi connectivity index (χ0n) is 9.81. The van der Waals surface area contributed by atoms with E-state index in [0.717, 1.165) is 0 Å². The lowest BCUT2D eigenvalue weighted by atomic mass is 10.1. The van der Waals surface area contributed by atoms with Gasteiger partial charge < -0.3 is 10.4 Å². The van der Waals surface area contributed by atoms with Crippen molar-refractivity contribution in [1.82, 2.24) is 0 Å². The maximum absolute atomic E-state index is 13.1. The summed E-state index contributed by atoms with van der Waals surface area (Å²) in [5.74, 6) is 4.32. The van der Waals surface area contributed by atoms with Gasteiger partial charge in [0.15, 0.2) is 0 Å². The number of hydrogen-bond acceptors (Lipinski definition) is 3. The largest absolute Gasteiger partial charge is 0.384 e. The van der Waals surface area contributed by atoms with Gasteiger partial charge in [-0.15, -0.1) is 11.3 Å². The number of hydrogen-bond donors (Lipinski definition) is 2. The SMILES string of the molecule is O=C(Nc1ccc(F)cc1C#CCO)c1cccs1. The van der Waals surface area contributed by atoms with Crippen LogP contribution in [0, 0.1) is 17.7 Å². The van der Waals surface area contributed by atoms with Crippen LogP contribution < -0.4 is 5.32 Å². The molecule has 0 saturated heterocycles. The Morgan fingerprint density at radius 1 is 1.42 bits per heavy atom. The Kier molecular flexibility index (Phi) is 4.29.